The van der Waals surface area contributed by atoms with Crippen LogP contribution in [0, 0.1) is 0 Å². The number of nitrogens with one attached hydrogen (secondary N) is 1. The zero-order valence-corrected chi connectivity index (χ0v) is 12.0. The number of benzene rings is 1. The Bertz CT molecular complexity index is 559. The highest BCUT2D eigenvalue weighted by Crippen LogP contribution is 2.19. The number of aliphatic carboxylic acids is 1. The summed E-state index contributed by atoms with van der Waals surface area (Å²) >= 11 is 0. The average molecular weight is 289 g/mol. The molecule has 0 spiro atoms. The quantitative estimate of drug-likeness (QED) is 0.832. The fraction of sp³-hybridized carbons (Fsp3) is 0.375. The van der Waals surface area contributed by atoms with Gasteiger partial charge in [-0.05, 0) is 43.5 Å². The van der Waals surface area contributed by atoms with E-state index < -0.39 is 5.97 Å². The molecular weight excluding hydrogens is 270 g/mol. The molecule has 1 atom stereocenters. The van der Waals surface area contributed by atoms with Gasteiger partial charge in [0.15, 0.2) is 0 Å². The summed E-state index contributed by atoms with van der Waals surface area (Å²) < 4.78 is 5.42. The van der Waals surface area contributed by atoms with Gasteiger partial charge >= 0.3 is 5.97 Å². The third-order valence-electron chi connectivity index (χ3n) is 3.42. The minimum absolute atomic E-state index is 0.173. The lowest BCUT2D eigenvalue weighted by Gasteiger charge is -2.34. The van der Waals surface area contributed by atoms with Crippen molar-refractivity contribution in [3.63, 3.8) is 0 Å². The number of hydrogen-bond donors (Lipinski definition) is 2. The van der Waals surface area contributed by atoms with E-state index in [9.17, 15) is 9.59 Å². The fourth-order valence-corrected chi connectivity index (χ4v) is 2.33. The molecule has 1 unspecified atom stereocenters. The highest BCUT2D eigenvalue weighted by atomic mass is 16.5. The van der Waals surface area contributed by atoms with Gasteiger partial charge in [-0.15, -0.1) is 0 Å². The van der Waals surface area contributed by atoms with Gasteiger partial charge in [-0.3, -0.25) is 4.79 Å². The normalized spacial score (nSPS) is 22.1. The molecule has 0 bridgehead atoms. The summed E-state index contributed by atoms with van der Waals surface area (Å²) in [5, 5.41) is 11.6. The van der Waals surface area contributed by atoms with Crippen LogP contribution in [0.15, 0.2) is 30.3 Å². The first-order valence-corrected chi connectivity index (χ1v) is 6.90. The van der Waals surface area contributed by atoms with Gasteiger partial charge in [-0.1, -0.05) is 12.1 Å². The van der Waals surface area contributed by atoms with Gasteiger partial charge in [0.2, 0.25) is 0 Å². The lowest BCUT2D eigenvalue weighted by atomic mass is 9.94. The van der Waals surface area contributed by atoms with Crippen LogP contribution in [0.25, 0.3) is 6.08 Å². The van der Waals surface area contributed by atoms with Crippen molar-refractivity contribution in [1.82, 2.24) is 5.32 Å². The Hall–Kier alpha value is -2.14. The zero-order valence-electron chi connectivity index (χ0n) is 12.0. The number of amides is 1. The third kappa shape index (κ3) is 4.43. The van der Waals surface area contributed by atoms with E-state index in [1.54, 1.807) is 24.3 Å². The molecular formula is C16H19NO4. The SMILES string of the molecule is CC1(NC(=O)c2cccc(/C=C/C(=O)O)c2)CCCOC1. The van der Waals surface area contributed by atoms with Crippen molar-refractivity contribution < 1.29 is 19.4 Å². The third-order valence-corrected chi connectivity index (χ3v) is 3.42. The van der Waals surface area contributed by atoms with Gasteiger partial charge in [-0.25, -0.2) is 4.79 Å². The minimum atomic E-state index is -1.02. The van der Waals surface area contributed by atoms with Gasteiger partial charge < -0.3 is 15.2 Å². The van der Waals surface area contributed by atoms with Gasteiger partial charge in [0, 0.05) is 18.2 Å². The lowest BCUT2D eigenvalue weighted by Crippen LogP contribution is -2.51. The van der Waals surface area contributed by atoms with Crippen LogP contribution in [0.4, 0.5) is 0 Å². The van der Waals surface area contributed by atoms with Crippen LogP contribution < -0.4 is 5.32 Å². The molecule has 1 amide bonds. The Morgan fingerprint density at radius 2 is 2.24 bits per heavy atom. The van der Waals surface area contributed by atoms with E-state index >= 15 is 0 Å². The Morgan fingerprint density at radius 1 is 1.43 bits per heavy atom. The second-order valence-corrected chi connectivity index (χ2v) is 5.47. The molecule has 1 aromatic rings. The predicted octanol–water partition coefficient (Wildman–Crippen LogP) is 2.08. The second kappa shape index (κ2) is 6.54. The fourth-order valence-electron chi connectivity index (χ4n) is 2.33. The van der Waals surface area contributed by atoms with Crippen molar-refractivity contribution in [3.05, 3.63) is 41.5 Å². The maximum absolute atomic E-state index is 12.3. The molecule has 1 saturated heterocycles. The van der Waals surface area contributed by atoms with E-state index in [4.69, 9.17) is 9.84 Å². The average Bonchev–Trinajstić information content (AvgIpc) is 2.45. The van der Waals surface area contributed by atoms with E-state index in [2.05, 4.69) is 5.32 Å². The molecule has 1 heterocycles. The number of hydrogen-bond acceptors (Lipinski definition) is 3. The van der Waals surface area contributed by atoms with Crippen LogP contribution in [0.3, 0.4) is 0 Å². The highest BCUT2D eigenvalue weighted by molar-refractivity contribution is 5.95. The molecule has 112 valence electrons. The summed E-state index contributed by atoms with van der Waals surface area (Å²) in [6.07, 6.45) is 4.33. The van der Waals surface area contributed by atoms with Crippen molar-refractivity contribution >= 4 is 18.0 Å². The maximum atomic E-state index is 12.3. The number of carbonyl (C=O) groups excluding carboxylic acids is 1. The first-order valence-electron chi connectivity index (χ1n) is 6.90. The second-order valence-electron chi connectivity index (χ2n) is 5.47. The van der Waals surface area contributed by atoms with Crippen LogP contribution in [0.1, 0.15) is 35.7 Å². The number of carbonyl (C=O) groups is 2. The molecule has 1 fully saturated rings. The van der Waals surface area contributed by atoms with E-state index in [1.807, 2.05) is 6.92 Å². The molecule has 0 radical (unpaired) electrons. The first kappa shape index (κ1) is 15.3. The summed E-state index contributed by atoms with van der Waals surface area (Å²) in [6.45, 7) is 3.22. The van der Waals surface area contributed by atoms with Crippen molar-refractivity contribution in [2.45, 2.75) is 25.3 Å². The van der Waals surface area contributed by atoms with Crippen LogP contribution in [-0.4, -0.2) is 35.7 Å². The molecule has 1 aliphatic rings. The van der Waals surface area contributed by atoms with E-state index in [0.717, 1.165) is 25.5 Å². The van der Waals surface area contributed by atoms with Crippen LogP contribution >= 0.6 is 0 Å². The molecule has 5 heteroatoms. The number of carboxylic acid groups (broad SMARTS) is 1. The van der Waals surface area contributed by atoms with E-state index in [0.29, 0.717) is 17.7 Å². The van der Waals surface area contributed by atoms with Crippen LogP contribution in [0.2, 0.25) is 0 Å². The van der Waals surface area contributed by atoms with Crippen molar-refractivity contribution in [1.29, 1.82) is 0 Å². The molecule has 1 aliphatic heterocycles. The van der Waals surface area contributed by atoms with E-state index in [1.165, 1.54) is 6.08 Å². The Balaban J connectivity index is 2.08. The van der Waals surface area contributed by atoms with Gasteiger partial charge in [0.25, 0.3) is 5.91 Å². The lowest BCUT2D eigenvalue weighted by molar-refractivity contribution is -0.131. The summed E-state index contributed by atoms with van der Waals surface area (Å²) in [5.41, 5.74) is 0.840. The largest absolute Gasteiger partial charge is 0.478 e. The van der Waals surface area contributed by atoms with Crippen molar-refractivity contribution in [3.8, 4) is 0 Å². The van der Waals surface area contributed by atoms with Crippen molar-refractivity contribution in [2.75, 3.05) is 13.2 Å². The standard InChI is InChI=1S/C16H19NO4/c1-16(8-3-9-21-11-16)17-15(20)13-5-2-4-12(10-13)6-7-14(18)19/h2,4-7,10H,3,8-9,11H2,1H3,(H,17,20)(H,18,19)/b7-6+. The van der Waals surface area contributed by atoms with Crippen LogP contribution in [-0.2, 0) is 9.53 Å². The van der Waals surface area contributed by atoms with Crippen molar-refractivity contribution in [2.24, 2.45) is 0 Å². The first-order chi connectivity index (χ1) is 9.98. The smallest absolute Gasteiger partial charge is 0.328 e. The van der Waals surface area contributed by atoms with E-state index in [-0.39, 0.29) is 11.4 Å². The monoisotopic (exact) mass is 289 g/mol. The molecule has 0 saturated carbocycles. The molecule has 0 aromatic heterocycles. The Morgan fingerprint density at radius 3 is 2.90 bits per heavy atom. The Labute approximate surface area is 123 Å². The molecule has 1 aromatic carbocycles. The molecule has 2 rings (SSSR count). The number of ether oxygens (including phenoxy) is 1. The summed E-state index contributed by atoms with van der Waals surface area (Å²) in [6, 6.07) is 6.86. The Kier molecular flexibility index (Phi) is 4.75. The highest BCUT2D eigenvalue weighted by Gasteiger charge is 2.29. The maximum Gasteiger partial charge on any atom is 0.328 e. The number of carboxylic acids is 1. The number of rotatable bonds is 4. The topological polar surface area (TPSA) is 75.6 Å². The summed E-state index contributed by atoms with van der Waals surface area (Å²) in [5.74, 6) is -1.19. The van der Waals surface area contributed by atoms with Crippen LogP contribution in [0.5, 0.6) is 0 Å². The molecule has 2 N–H and O–H groups in total. The molecule has 21 heavy (non-hydrogen) atoms. The van der Waals surface area contributed by atoms with Gasteiger partial charge in [-0.2, -0.15) is 0 Å². The van der Waals surface area contributed by atoms with Gasteiger partial charge in [0.1, 0.15) is 0 Å². The molecule has 0 aliphatic carbocycles. The summed E-state index contributed by atoms with van der Waals surface area (Å²) in [7, 11) is 0. The van der Waals surface area contributed by atoms with Gasteiger partial charge in [0.05, 0.1) is 12.1 Å². The zero-order chi connectivity index (χ0) is 15.3. The predicted molar refractivity (Wildman–Crippen MR) is 79.0 cm³/mol. The summed E-state index contributed by atoms with van der Waals surface area (Å²) in [4.78, 5) is 22.8. The molecule has 5 nitrogen and oxygen atoms in total. The minimum Gasteiger partial charge on any atom is -0.478 e.